The van der Waals surface area contributed by atoms with Crippen molar-refractivity contribution in [3.05, 3.63) is 0 Å². The zero-order valence-electron chi connectivity index (χ0n) is 27.7. The van der Waals surface area contributed by atoms with Gasteiger partial charge in [-0.15, -0.1) is 0 Å². The summed E-state index contributed by atoms with van der Waals surface area (Å²) in [7, 11) is 0. The predicted octanol–water partition coefficient (Wildman–Crippen LogP) is 10.8. The van der Waals surface area contributed by atoms with Crippen LogP contribution in [0.3, 0.4) is 0 Å². The first kappa shape index (κ1) is 39.9. The molecule has 1 atom stereocenters. The minimum atomic E-state index is -0.426. The Morgan fingerprint density at radius 2 is 0.805 bits per heavy atom. The number of unbranched alkanes of at least 4 members (excludes halogenated alkanes) is 24. The highest BCUT2D eigenvalue weighted by Gasteiger charge is 2.16. The van der Waals surface area contributed by atoms with Crippen LogP contribution in [0, 0.1) is 0 Å². The van der Waals surface area contributed by atoms with Crippen molar-refractivity contribution in [1.82, 2.24) is 0 Å². The third-order valence-corrected chi connectivity index (χ3v) is 8.19. The lowest BCUT2D eigenvalue weighted by Gasteiger charge is -2.17. The third kappa shape index (κ3) is 31.7. The molecule has 0 aromatic rings. The maximum atomic E-state index is 12.3. The second kappa shape index (κ2) is 33.4. The first-order chi connectivity index (χ1) is 20.1. The number of ether oxygens (including phenoxy) is 2. The Morgan fingerprint density at radius 1 is 0.488 bits per heavy atom. The second-order valence-electron chi connectivity index (χ2n) is 12.4. The second-order valence-corrected chi connectivity index (χ2v) is 12.4. The Kier molecular flexibility index (Phi) is 32.5. The van der Waals surface area contributed by atoms with E-state index in [2.05, 4.69) is 13.8 Å². The van der Waals surface area contributed by atoms with E-state index in [0.29, 0.717) is 25.8 Å². The summed E-state index contributed by atoms with van der Waals surface area (Å²) in [5.74, 6) is -0.387. The van der Waals surface area contributed by atoms with E-state index in [-0.39, 0.29) is 18.5 Å². The molecule has 0 saturated carbocycles. The lowest BCUT2D eigenvalue weighted by molar-refractivity contribution is -0.159. The highest BCUT2D eigenvalue weighted by atomic mass is 16.6. The molecule has 5 nitrogen and oxygen atoms in total. The molecule has 5 heteroatoms. The molecule has 2 N–H and O–H groups in total. The van der Waals surface area contributed by atoms with Crippen LogP contribution >= 0.6 is 0 Å². The van der Waals surface area contributed by atoms with Crippen LogP contribution in [0.2, 0.25) is 0 Å². The molecule has 41 heavy (non-hydrogen) atoms. The molecule has 0 bridgehead atoms. The summed E-state index contributed by atoms with van der Waals surface area (Å²) >= 11 is 0. The van der Waals surface area contributed by atoms with E-state index < -0.39 is 6.10 Å². The van der Waals surface area contributed by atoms with Gasteiger partial charge in [0.2, 0.25) is 0 Å². The van der Waals surface area contributed by atoms with Crippen LogP contribution in [0.25, 0.3) is 0 Å². The topological polar surface area (TPSA) is 78.6 Å². The van der Waals surface area contributed by atoms with Gasteiger partial charge in [0.1, 0.15) is 12.7 Å². The summed E-state index contributed by atoms with van der Waals surface area (Å²) in [6, 6.07) is 0. The lowest BCUT2D eigenvalue weighted by Crippen LogP contribution is -2.27. The number of rotatable bonds is 33. The zero-order valence-corrected chi connectivity index (χ0v) is 27.7. The SMILES string of the molecule is CCCCCCCCCCCCCCCC(=O)OCC(CCN)OC(=O)CCCCCCCCCCCCCCC. The Bertz CT molecular complexity index is 554. The minimum absolute atomic E-state index is 0.124. The average Bonchev–Trinajstić information content (AvgIpc) is 2.96. The molecule has 0 aromatic carbocycles. The van der Waals surface area contributed by atoms with Crippen molar-refractivity contribution < 1.29 is 19.1 Å². The first-order valence-corrected chi connectivity index (χ1v) is 18.2. The summed E-state index contributed by atoms with van der Waals surface area (Å²) in [4.78, 5) is 24.4. The van der Waals surface area contributed by atoms with Gasteiger partial charge in [0.25, 0.3) is 0 Å². The molecule has 0 aliphatic carbocycles. The molecule has 0 aliphatic rings. The van der Waals surface area contributed by atoms with E-state index in [1.54, 1.807) is 0 Å². The van der Waals surface area contributed by atoms with E-state index >= 15 is 0 Å². The number of nitrogens with two attached hydrogens (primary N) is 1. The summed E-state index contributed by atoms with van der Waals surface area (Å²) in [6.45, 7) is 5.07. The van der Waals surface area contributed by atoms with Gasteiger partial charge < -0.3 is 15.2 Å². The number of hydrogen-bond donors (Lipinski definition) is 1. The molecule has 0 fully saturated rings. The molecule has 0 aliphatic heterocycles. The first-order valence-electron chi connectivity index (χ1n) is 18.2. The normalized spacial score (nSPS) is 12.0. The van der Waals surface area contributed by atoms with Crippen LogP contribution in [0.1, 0.15) is 200 Å². The fourth-order valence-corrected chi connectivity index (χ4v) is 5.44. The number of carbonyl (C=O) groups is 2. The fraction of sp³-hybridized carbons (Fsp3) is 0.944. The molecule has 0 radical (unpaired) electrons. The van der Waals surface area contributed by atoms with Crippen molar-refractivity contribution in [3.63, 3.8) is 0 Å². The number of carbonyl (C=O) groups excluding carboxylic acids is 2. The van der Waals surface area contributed by atoms with Crippen molar-refractivity contribution >= 4 is 11.9 Å². The Morgan fingerprint density at radius 3 is 1.15 bits per heavy atom. The van der Waals surface area contributed by atoms with E-state index in [1.807, 2.05) is 0 Å². The van der Waals surface area contributed by atoms with Crippen LogP contribution < -0.4 is 5.73 Å². The van der Waals surface area contributed by atoms with Gasteiger partial charge >= 0.3 is 11.9 Å². The van der Waals surface area contributed by atoms with Gasteiger partial charge in [-0.3, -0.25) is 9.59 Å². The maximum Gasteiger partial charge on any atom is 0.306 e. The van der Waals surface area contributed by atoms with Crippen LogP contribution in [0.15, 0.2) is 0 Å². The molecule has 0 heterocycles. The Balaban J connectivity index is 3.63. The molecule has 0 spiro atoms. The Labute approximate surface area is 255 Å². The van der Waals surface area contributed by atoms with Crippen molar-refractivity contribution in [3.8, 4) is 0 Å². The largest absolute Gasteiger partial charge is 0.462 e. The number of hydrogen-bond acceptors (Lipinski definition) is 5. The molecular weight excluding hydrogens is 510 g/mol. The summed E-state index contributed by atoms with van der Waals surface area (Å²) in [5, 5.41) is 0. The number of esters is 2. The van der Waals surface area contributed by atoms with Gasteiger partial charge in [-0.25, -0.2) is 0 Å². The summed E-state index contributed by atoms with van der Waals surface area (Å²) in [6.07, 6.45) is 34.4. The van der Waals surface area contributed by atoms with Gasteiger partial charge in [-0.2, -0.15) is 0 Å². The van der Waals surface area contributed by atoms with Crippen LogP contribution in [0.5, 0.6) is 0 Å². The van der Waals surface area contributed by atoms with Gasteiger partial charge in [0.05, 0.1) is 0 Å². The molecular formula is C36H71NO4. The van der Waals surface area contributed by atoms with Crippen LogP contribution in [-0.4, -0.2) is 31.2 Å². The van der Waals surface area contributed by atoms with Gasteiger partial charge in [-0.05, 0) is 19.4 Å². The monoisotopic (exact) mass is 582 g/mol. The van der Waals surface area contributed by atoms with Crippen molar-refractivity contribution in [2.45, 2.75) is 206 Å². The van der Waals surface area contributed by atoms with Crippen LogP contribution in [0.4, 0.5) is 0 Å². The standard InChI is InChI=1S/C36H71NO4/c1-3-5-7-9-11-13-15-17-19-21-23-25-27-29-35(38)40-33-34(31-32-37)41-36(39)30-28-26-24-22-20-18-16-14-12-10-8-6-4-2/h34H,3-33,37H2,1-2H3. The van der Waals surface area contributed by atoms with E-state index in [0.717, 1.165) is 25.7 Å². The van der Waals surface area contributed by atoms with Gasteiger partial charge in [0, 0.05) is 19.3 Å². The molecule has 244 valence electrons. The highest BCUT2D eigenvalue weighted by Crippen LogP contribution is 2.15. The highest BCUT2D eigenvalue weighted by molar-refractivity contribution is 5.70. The van der Waals surface area contributed by atoms with Crippen LogP contribution in [-0.2, 0) is 19.1 Å². The maximum absolute atomic E-state index is 12.3. The summed E-state index contributed by atoms with van der Waals surface area (Å²) in [5.41, 5.74) is 5.69. The molecule has 0 amide bonds. The van der Waals surface area contributed by atoms with Crippen molar-refractivity contribution in [2.24, 2.45) is 5.73 Å². The average molecular weight is 582 g/mol. The molecule has 0 saturated heterocycles. The van der Waals surface area contributed by atoms with E-state index in [1.165, 1.54) is 141 Å². The summed E-state index contributed by atoms with van der Waals surface area (Å²) < 4.78 is 11.0. The quantitative estimate of drug-likeness (QED) is 0.0616. The minimum Gasteiger partial charge on any atom is -0.462 e. The fourth-order valence-electron chi connectivity index (χ4n) is 5.44. The smallest absolute Gasteiger partial charge is 0.306 e. The van der Waals surface area contributed by atoms with Gasteiger partial charge in [-0.1, -0.05) is 168 Å². The van der Waals surface area contributed by atoms with E-state index in [4.69, 9.17) is 15.2 Å². The molecule has 0 aromatic heterocycles. The predicted molar refractivity (Wildman–Crippen MR) is 175 cm³/mol. The van der Waals surface area contributed by atoms with Gasteiger partial charge in [0.15, 0.2) is 0 Å². The Hall–Kier alpha value is -1.10. The van der Waals surface area contributed by atoms with Crippen molar-refractivity contribution in [1.29, 1.82) is 0 Å². The molecule has 0 rings (SSSR count). The van der Waals surface area contributed by atoms with Crippen molar-refractivity contribution in [2.75, 3.05) is 13.2 Å². The third-order valence-electron chi connectivity index (χ3n) is 8.19. The van der Waals surface area contributed by atoms with E-state index in [9.17, 15) is 9.59 Å². The lowest BCUT2D eigenvalue weighted by atomic mass is 10.0. The molecule has 1 unspecified atom stereocenters. The zero-order chi connectivity index (χ0) is 30.1.